The van der Waals surface area contributed by atoms with E-state index >= 15 is 0 Å². The number of nitrogens with zero attached hydrogens (tertiary/aromatic N) is 1. The van der Waals surface area contributed by atoms with Gasteiger partial charge in [-0.05, 0) is 13.8 Å². The summed E-state index contributed by atoms with van der Waals surface area (Å²) in [6.45, 7) is 6.82. The quantitative estimate of drug-likeness (QED) is 0.648. The minimum absolute atomic E-state index is 0.220. The molecular formula is C10H20N2O3. The molecule has 2 unspecified atom stereocenters. The molecule has 1 rings (SSSR count). The predicted octanol–water partition coefficient (Wildman–Crippen LogP) is -0.402. The summed E-state index contributed by atoms with van der Waals surface area (Å²) < 4.78 is 10.3. The standard InChI is InChI=1S/C10H20N2O3/c1-3-15-10(13)9(8(2)11)12-4-6-14-7-5-12/h8-9H,3-7,11H2,1-2H3. The van der Waals surface area contributed by atoms with Crippen molar-refractivity contribution in [1.82, 2.24) is 4.90 Å². The van der Waals surface area contributed by atoms with Crippen LogP contribution in [-0.4, -0.2) is 55.9 Å². The Morgan fingerprint density at radius 3 is 2.60 bits per heavy atom. The van der Waals surface area contributed by atoms with Crippen LogP contribution in [-0.2, 0) is 14.3 Å². The van der Waals surface area contributed by atoms with Crippen LogP contribution in [0.4, 0.5) is 0 Å². The summed E-state index contributed by atoms with van der Waals surface area (Å²) in [5.41, 5.74) is 5.82. The van der Waals surface area contributed by atoms with Gasteiger partial charge in [0.2, 0.25) is 0 Å². The Hall–Kier alpha value is -0.650. The molecule has 1 aliphatic rings. The SMILES string of the molecule is CCOC(=O)C(C(C)N)N1CCOCC1. The summed E-state index contributed by atoms with van der Waals surface area (Å²) in [4.78, 5) is 13.7. The molecule has 2 N–H and O–H groups in total. The molecule has 1 heterocycles. The second-order valence-electron chi connectivity index (χ2n) is 3.70. The molecule has 0 amide bonds. The molecule has 0 bridgehead atoms. The van der Waals surface area contributed by atoms with Gasteiger partial charge in [0.05, 0.1) is 19.8 Å². The topological polar surface area (TPSA) is 64.8 Å². The Morgan fingerprint density at radius 2 is 2.13 bits per heavy atom. The first-order valence-electron chi connectivity index (χ1n) is 5.40. The summed E-state index contributed by atoms with van der Waals surface area (Å²) in [6, 6.07) is -0.559. The highest BCUT2D eigenvalue weighted by atomic mass is 16.5. The summed E-state index contributed by atoms with van der Waals surface area (Å²) >= 11 is 0. The summed E-state index contributed by atoms with van der Waals surface area (Å²) in [5, 5.41) is 0. The Bertz CT molecular complexity index is 203. The highest BCUT2D eigenvalue weighted by molar-refractivity contribution is 5.76. The van der Waals surface area contributed by atoms with Crippen molar-refractivity contribution in [2.45, 2.75) is 25.9 Å². The van der Waals surface area contributed by atoms with Crippen LogP contribution in [0.2, 0.25) is 0 Å². The molecule has 1 saturated heterocycles. The number of rotatable bonds is 4. The van der Waals surface area contributed by atoms with Crippen molar-refractivity contribution in [3.63, 3.8) is 0 Å². The fraction of sp³-hybridized carbons (Fsp3) is 0.900. The lowest BCUT2D eigenvalue weighted by molar-refractivity contribution is -0.152. The normalized spacial score (nSPS) is 22.1. The third kappa shape index (κ3) is 3.44. The molecule has 0 spiro atoms. The van der Waals surface area contributed by atoms with Crippen molar-refractivity contribution in [3.8, 4) is 0 Å². The molecule has 0 radical (unpaired) electrons. The maximum Gasteiger partial charge on any atom is 0.324 e. The molecule has 0 saturated carbocycles. The van der Waals surface area contributed by atoms with Crippen molar-refractivity contribution >= 4 is 5.97 Å². The highest BCUT2D eigenvalue weighted by Gasteiger charge is 2.31. The Labute approximate surface area is 90.5 Å². The van der Waals surface area contributed by atoms with Gasteiger partial charge in [-0.3, -0.25) is 9.69 Å². The van der Waals surface area contributed by atoms with Crippen LogP contribution in [0.25, 0.3) is 0 Å². The highest BCUT2D eigenvalue weighted by Crippen LogP contribution is 2.08. The number of hydrogen-bond donors (Lipinski definition) is 1. The van der Waals surface area contributed by atoms with Crippen molar-refractivity contribution in [3.05, 3.63) is 0 Å². The smallest absolute Gasteiger partial charge is 0.324 e. The Balaban J connectivity index is 2.59. The molecule has 88 valence electrons. The lowest BCUT2D eigenvalue weighted by atomic mass is 10.1. The Morgan fingerprint density at radius 1 is 1.53 bits per heavy atom. The molecule has 0 aromatic rings. The third-order valence-corrected chi connectivity index (χ3v) is 2.47. The Kier molecular flexibility index (Phi) is 5.01. The molecule has 0 aromatic heterocycles. The van der Waals surface area contributed by atoms with Crippen molar-refractivity contribution < 1.29 is 14.3 Å². The molecule has 5 heteroatoms. The van der Waals surface area contributed by atoms with E-state index < -0.39 is 0 Å². The van der Waals surface area contributed by atoms with Crippen LogP contribution in [0.1, 0.15) is 13.8 Å². The second-order valence-corrected chi connectivity index (χ2v) is 3.70. The minimum atomic E-state index is -0.339. The van der Waals surface area contributed by atoms with Crippen LogP contribution in [0, 0.1) is 0 Å². The predicted molar refractivity (Wildman–Crippen MR) is 56.5 cm³/mol. The van der Waals surface area contributed by atoms with Crippen molar-refractivity contribution in [2.24, 2.45) is 5.73 Å². The zero-order valence-electron chi connectivity index (χ0n) is 9.44. The lowest BCUT2D eigenvalue weighted by Crippen LogP contribution is -2.55. The van der Waals surface area contributed by atoms with Gasteiger partial charge in [0.15, 0.2) is 0 Å². The number of carbonyl (C=O) groups excluding carboxylic acids is 1. The zero-order valence-corrected chi connectivity index (χ0v) is 9.44. The van der Waals surface area contributed by atoms with Gasteiger partial charge in [0.1, 0.15) is 6.04 Å². The summed E-state index contributed by atoms with van der Waals surface area (Å²) in [7, 11) is 0. The first-order valence-corrected chi connectivity index (χ1v) is 5.40. The average molecular weight is 216 g/mol. The van der Waals surface area contributed by atoms with E-state index in [9.17, 15) is 4.79 Å². The summed E-state index contributed by atoms with van der Waals surface area (Å²) in [5.74, 6) is -0.227. The van der Waals surface area contributed by atoms with Gasteiger partial charge in [0.25, 0.3) is 0 Å². The number of esters is 1. The van der Waals surface area contributed by atoms with E-state index in [0.717, 1.165) is 13.1 Å². The molecule has 1 fully saturated rings. The van der Waals surface area contributed by atoms with E-state index in [2.05, 4.69) is 0 Å². The van der Waals surface area contributed by atoms with Gasteiger partial charge in [-0.1, -0.05) is 0 Å². The number of morpholine rings is 1. The van der Waals surface area contributed by atoms with Crippen molar-refractivity contribution in [1.29, 1.82) is 0 Å². The van der Waals surface area contributed by atoms with Gasteiger partial charge < -0.3 is 15.2 Å². The zero-order chi connectivity index (χ0) is 11.3. The first kappa shape index (κ1) is 12.4. The monoisotopic (exact) mass is 216 g/mol. The second kappa shape index (κ2) is 6.05. The molecular weight excluding hydrogens is 196 g/mol. The molecule has 5 nitrogen and oxygen atoms in total. The van der Waals surface area contributed by atoms with Gasteiger partial charge in [-0.25, -0.2) is 0 Å². The maximum absolute atomic E-state index is 11.7. The van der Waals surface area contributed by atoms with Crippen LogP contribution in [0.5, 0.6) is 0 Å². The molecule has 0 aliphatic carbocycles. The van der Waals surface area contributed by atoms with Gasteiger partial charge >= 0.3 is 5.97 Å². The van der Waals surface area contributed by atoms with E-state index in [1.807, 2.05) is 11.8 Å². The third-order valence-electron chi connectivity index (χ3n) is 2.47. The van der Waals surface area contributed by atoms with E-state index in [4.69, 9.17) is 15.2 Å². The van der Waals surface area contributed by atoms with E-state index in [1.54, 1.807) is 6.92 Å². The van der Waals surface area contributed by atoms with Crippen LogP contribution in [0.3, 0.4) is 0 Å². The van der Waals surface area contributed by atoms with Crippen molar-refractivity contribution in [2.75, 3.05) is 32.9 Å². The fourth-order valence-corrected chi connectivity index (χ4v) is 1.78. The molecule has 2 atom stereocenters. The van der Waals surface area contributed by atoms with Gasteiger partial charge in [-0.15, -0.1) is 0 Å². The van der Waals surface area contributed by atoms with Crippen LogP contribution >= 0.6 is 0 Å². The molecule has 15 heavy (non-hydrogen) atoms. The average Bonchev–Trinajstić information content (AvgIpc) is 2.19. The number of ether oxygens (including phenoxy) is 2. The van der Waals surface area contributed by atoms with Crippen LogP contribution in [0.15, 0.2) is 0 Å². The lowest BCUT2D eigenvalue weighted by Gasteiger charge is -2.34. The largest absolute Gasteiger partial charge is 0.465 e. The fourth-order valence-electron chi connectivity index (χ4n) is 1.78. The number of nitrogens with two attached hydrogens (primary N) is 1. The van der Waals surface area contributed by atoms with E-state index in [-0.39, 0.29) is 18.1 Å². The van der Waals surface area contributed by atoms with Gasteiger partial charge in [-0.2, -0.15) is 0 Å². The minimum Gasteiger partial charge on any atom is -0.465 e. The van der Waals surface area contributed by atoms with E-state index in [1.165, 1.54) is 0 Å². The molecule has 0 aromatic carbocycles. The number of carbonyl (C=O) groups is 1. The maximum atomic E-state index is 11.7. The van der Waals surface area contributed by atoms with Crippen LogP contribution < -0.4 is 5.73 Å². The molecule has 1 aliphatic heterocycles. The van der Waals surface area contributed by atoms with Gasteiger partial charge in [0, 0.05) is 19.1 Å². The summed E-state index contributed by atoms with van der Waals surface area (Å²) in [6.07, 6.45) is 0. The number of hydrogen-bond acceptors (Lipinski definition) is 5. The van der Waals surface area contributed by atoms with E-state index in [0.29, 0.717) is 19.8 Å². The first-order chi connectivity index (χ1) is 7.16.